The number of halogens is 2. The van der Waals surface area contributed by atoms with Crippen LogP contribution < -0.4 is 14.8 Å². The molecular weight excluding hydrogens is 580 g/mol. The average Bonchev–Trinajstić information content (AvgIpc) is 2.83. The van der Waals surface area contributed by atoms with Gasteiger partial charge in [-0.1, -0.05) is 28.1 Å². The number of carboxylic acid groups (broad SMARTS) is 1. The molecule has 3 aromatic rings. The van der Waals surface area contributed by atoms with E-state index < -0.39 is 11.9 Å². The molecule has 7 nitrogen and oxygen atoms in total. The number of nitrogens with zero attached hydrogens (tertiary/aromatic N) is 1. The standard InChI is InChI=1S/C26H20Br2N2O5/c1-2-34-23-13-17(11-19(14-29)25(31)30-21-9-7-20(27)8-10-21)12-22(28)24(23)35-15-16-3-5-18(6-4-16)26(32)33/h3-13H,2,15H2,1H3,(H,30,31)(H,32,33)/b19-11+. The van der Waals surface area contributed by atoms with Crippen molar-refractivity contribution < 1.29 is 24.2 Å². The zero-order valence-electron chi connectivity index (χ0n) is 18.5. The Morgan fingerprint density at radius 2 is 1.74 bits per heavy atom. The number of carbonyl (C=O) groups excluding carboxylic acids is 1. The van der Waals surface area contributed by atoms with Crippen LogP contribution in [0, 0.1) is 11.3 Å². The molecule has 1 amide bonds. The van der Waals surface area contributed by atoms with Crippen LogP contribution in [-0.2, 0) is 11.4 Å². The maximum absolute atomic E-state index is 12.6. The number of amides is 1. The van der Waals surface area contributed by atoms with Crippen molar-refractivity contribution in [1.82, 2.24) is 0 Å². The smallest absolute Gasteiger partial charge is 0.335 e. The lowest BCUT2D eigenvalue weighted by molar-refractivity contribution is -0.112. The van der Waals surface area contributed by atoms with Crippen molar-refractivity contribution in [2.45, 2.75) is 13.5 Å². The van der Waals surface area contributed by atoms with Crippen molar-refractivity contribution in [3.05, 3.63) is 91.9 Å². The maximum Gasteiger partial charge on any atom is 0.335 e. The number of aromatic carboxylic acids is 1. The number of rotatable bonds is 9. The van der Waals surface area contributed by atoms with Gasteiger partial charge in [0.05, 0.1) is 16.6 Å². The number of ether oxygens (including phenoxy) is 2. The molecule has 35 heavy (non-hydrogen) atoms. The van der Waals surface area contributed by atoms with Crippen LogP contribution in [0.3, 0.4) is 0 Å². The number of anilines is 1. The van der Waals surface area contributed by atoms with Gasteiger partial charge in [0.25, 0.3) is 5.91 Å². The SMILES string of the molecule is CCOc1cc(/C=C(\C#N)C(=O)Nc2ccc(Br)cc2)cc(Br)c1OCc1ccc(C(=O)O)cc1. The Labute approximate surface area is 219 Å². The van der Waals surface area contributed by atoms with Gasteiger partial charge in [-0.3, -0.25) is 4.79 Å². The van der Waals surface area contributed by atoms with Gasteiger partial charge in [0.15, 0.2) is 11.5 Å². The van der Waals surface area contributed by atoms with Gasteiger partial charge in [-0.15, -0.1) is 0 Å². The second-order valence-corrected chi connectivity index (χ2v) is 8.95. The first-order valence-electron chi connectivity index (χ1n) is 10.4. The Hall–Kier alpha value is -3.61. The first kappa shape index (κ1) is 26.0. The molecule has 0 atom stereocenters. The molecule has 2 N–H and O–H groups in total. The van der Waals surface area contributed by atoms with Gasteiger partial charge >= 0.3 is 5.97 Å². The largest absolute Gasteiger partial charge is 0.490 e. The van der Waals surface area contributed by atoms with Gasteiger partial charge in [-0.2, -0.15) is 5.26 Å². The van der Waals surface area contributed by atoms with Gasteiger partial charge < -0.3 is 19.9 Å². The number of carboxylic acids is 1. The fraction of sp³-hybridized carbons (Fsp3) is 0.115. The minimum atomic E-state index is -0.996. The number of hydrogen-bond acceptors (Lipinski definition) is 5. The maximum atomic E-state index is 12.6. The highest BCUT2D eigenvalue weighted by Gasteiger charge is 2.15. The van der Waals surface area contributed by atoms with Crippen LogP contribution in [0.15, 0.2) is 75.2 Å². The Morgan fingerprint density at radius 1 is 1.06 bits per heavy atom. The van der Waals surface area contributed by atoms with Crippen LogP contribution >= 0.6 is 31.9 Å². The highest BCUT2D eigenvalue weighted by Crippen LogP contribution is 2.38. The summed E-state index contributed by atoms with van der Waals surface area (Å²) in [4.78, 5) is 23.6. The molecule has 0 heterocycles. The number of hydrogen-bond donors (Lipinski definition) is 2. The zero-order valence-corrected chi connectivity index (χ0v) is 21.7. The molecule has 0 saturated carbocycles. The summed E-state index contributed by atoms with van der Waals surface area (Å²) in [7, 11) is 0. The quantitative estimate of drug-likeness (QED) is 0.217. The molecule has 0 aliphatic rings. The Bertz CT molecular complexity index is 1300. The lowest BCUT2D eigenvalue weighted by atomic mass is 10.1. The van der Waals surface area contributed by atoms with Gasteiger partial charge in [0, 0.05) is 10.2 Å². The molecule has 0 unspecified atom stereocenters. The number of nitrogens with one attached hydrogen (secondary N) is 1. The molecule has 178 valence electrons. The molecular formula is C26H20Br2N2O5. The summed E-state index contributed by atoms with van der Waals surface area (Å²) < 4.78 is 13.1. The van der Waals surface area contributed by atoms with E-state index in [9.17, 15) is 14.9 Å². The molecule has 0 aliphatic carbocycles. The van der Waals surface area contributed by atoms with Gasteiger partial charge in [0.2, 0.25) is 0 Å². The van der Waals surface area contributed by atoms with Gasteiger partial charge in [0.1, 0.15) is 18.2 Å². The topological polar surface area (TPSA) is 109 Å². The third-order valence-corrected chi connectivity index (χ3v) is 5.81. The molecule has 0 fully saturated rings. The number of nitriles is 1. The van der Waals surface area contributed by atoms with E-state index in [4.69, 9.17) is 14.6 Å². The Balaban J connectivity index is 1.81. The third-order valence-electron chi connectivity index (χ3n) is 4.69. The van der Waals surface area contributed by atoms with E-state index in [0.29, 0.717) is 33.8 Å². The third kappa shape index (κ3) is 7.18. The second-order valence-electron chi connectivity index (χ2n) is 7.18. The van der Waals surface area contributed by atoms with Crippen molar-refractivity contribution >= 4 is 55.5 Å². The van der Waals surface area contributed by atoms with E-state index in [1.165, 1.54) is 18.2 Å². The minimum Gasteiger partial charge on any atom is -0.490 e. The molecule has 0 spiro atoms. The van der Waals surface area contributed by atoms with Crippen molar-refractivity contribution in [2.24, 2.45) is 0 Å². The van der Waals surface area contributed by atoms with Crippen molar-refractivity contribution in [2.75, 3.05) is 11.9 Å². The number of carbonyl (C=O) groups is 2. The molecule has 0 saturated heterocycles. The van der Waals surface area contributed by atoms with Crippen LogP contribution in [0.1, 0.15) is 28.4 Å². The molecule has 9 heteroatoms. The van der Waals surface area contributed by atoms with Crippen LogP contribution in [0.5, 0.6) is 11.5 Å². The van der Waals surface area contributed by atoms with Crippen LogP contribution in [-0.4, -0.2) is 23.6 Å². The van der Waals surface area contributed by atoms with Gasteiger partial charge in [-0.05, 0) is 88.6 Å². The average molecular weight is 600 g/mol. The van der Waals surface area contributed by atoms with Gasteiger partial charge in [-0.25, -0.2) is 4.79 Å². The predicted octanol–water partition coefficient (Wildman–Crippen LogP) is 6.43. The summed E-state index contributed by atoms with van der Waals surface area (Å²) in [6.07, 6.45) is 1.47. The molecule has 0 radical (unpaired) electrons. The first-order chi connectivity index (χ1) is 16.8. The normalized spacial score (nSPS) is 10.9. The van der Waals surface area contributed by atoms with Crippen molar-refractivity contribution in [3.8, 4) is 17.6 Å². The van der Waals surface area contributed by atoms with Crippen molar-refractivity contribution in [1.29, 1.82) is 5.26 Å². The molecule has 0 aromatic heterocycles. The zero-order chi connectivity index (χ0) is 25.4. The molecule has 3 aromatic carbocycles. The van der Waals surface area contributed by atoms with Crippen LogP contribution in [0.25, 0.3) is 6.08 Å². The van der Waals surface area contributed by atoms with E-state index in [1.54, 1.807) is 48.5 Å². The fourth-order valence-electron chi connectivity index (χ4n) is 3.02. The minimum absolute atomic E-state index is 0.0746. The van der Waals surface area contributed by atoms with Crippen LogP contribution in [0.2, 0.25) is 0 Å². The summed E-state index contributed by atoms with van der Waals surface area (Å²) in [5.74, 6) is -0.649. The highest BCUT2D eigenvalue weighted by molar-refractivity contribution is 9.10. The van der Waals surface area contributed by atoms with E-state index in [2.05, 4.69) is 37.2 Å². The summed E-state index contributed by atoms with van der Waals surface area (Å²) >= 11 is 6.82. The fourth-order valence-corrected chi connectivity index (χ4v) is 3.86. The van der Waals surface area contributed by atoms with Crippen molar-refractivity contribution in [3.63, 3.8) is 0 Å². The number of benzene rings is 3. The molecule has 3 rings (SSSR count). The summed E-state index contributed by atoms with van der Waals surface area (Å²) in [5.41, 5.74) is 2.04. The second kappa shape index (κ2) is 12.2. The Kier molecular flexibility index (Phi) is 9.06. The predicted molar refractivity (Wildman–Crippen MR) is 139 cm³/mol. The monoisotopic (exact) mass is 598 g/mol. The summed E-state index contributed by atoms with van der Waals surface area (Å²) in [5, 5.41) is 21.3. The van der Waals surface area contributed by atoms with Crippen LogP contribution in [0.4, 0.5) is 5.69 Å². The van der Waals surface area contributed by atoms with E-state index in [1.807, 2.05) is 13.0 Å². The first-order valence-corrected chi connectivity index (χ1v) is 12.0. The summed E-state index contributed by atoms with van der Waals surface area (Å²) in [6.45, 7) is 2.39. The molecule has 0 aliphatic heterocycles. The highest BCUT2D eigenvalue weighted by atomic mass is 79.9. The van der Waals surface area contributed by atoms with E-state index in [0.717, 1.165) is 10.0 Å². The lowest BCUT2D eigenvalue weighted by Gasteiger charge is -2.15. The summed E-state index contributed by atoms with van der Waals surface area (Å²) in [6, 6.07) is 18.7. The Morgan fingerprint density at radius 3 is 2.34 bits per heavy atom. The van der Waals surface area contributed by atoms with E-state index >= 15 is 0 Å². The lowest BCUT2D eigenvalue weighted by Crippen LogP contribution is -2.13. The van der Waals surface area contributed by atoms with E-state index in [-0.39, 0.29) is 17.7 Å². The molecule has 0 bridgehead atoms.